The molecule has 1 N–H and O–H groups in total. The van der Waals surface area contributed by atoms with Crippen molar-refractivity contribution >= 4 is 5.96 Å². The second-order valence-corrected chi connectivity index (χ2v) is 7.20. The van der Waals surface area contributed by atoms with E-state index in [0.29, 0.717) is 19.1 Å². The molecule has 5 heteroatoms. The first-order chi connectivity index (χ1) is 13.7. The van der Waals surface area contributed by atoms with Crippen molar-refractivity contribution in [2.45, 2.75) is 26.5 Å². The van der Waals surface area contributed by atoms with Gasteiger partial charge < -0.3 is 19.7 Å². The molecular weight excluding hydrogens is 350 g/mol. The minimum Gasteiger partial charge on any atom is -0.489 e. The average molecular weight is 382 g/mol. The van der Waals surface area contributed by atoms with Crippen molar-refractivity contribution in [1.82, 2.24) is 10.2 Å². The summed E-state index contributed by atoms with van der Waals surface area (Å²) in [6, 6.07) is 18.4. The molecule has 0 saturated carbocycles. The van der Waals surface area contributed by atoms with Gasteiger partial charge in [-0.25, -0.2) is 4.99 Å². The number of benzene rings is 2. The van der Waals surface area contributed by atoms with Crippen molar-refractivity contribution in [3.05, 3.63) is 65.7 Å². The first kappa shape index (κ1) is 20.2. The molecule has 1 fully saturated rings. The summed E-state index contributed by atoms with van der Waals surface area (Å²) < 4.78 is 11.4. The Morgan fingerprint density at radius 2 is 2.00 bits per heavy atom. The molecule has 1 unspecified atom stereocenters. The van der Waals surface area contributed by atoms with Gasteiger partial charge in [0.15, 0.2) is 5.96 Å². The number of nitrogens with zero attached hydrogens (tertiary/aromatic N) is 2. The maximum absolute atomic E-state index is 5.93. The first-order valence-corrected chi connectivity index (χ1v) is 10.1. The lowest BCUT2D eigenvalue weighted by molar-refractivity contribution is 0.181. The van der Waals surface area contributed by atoms with Crippen LogP contribution in [0.2, 0.25) is 0 Å². The Hall–Kier alpha value is -2.53. The van der Waals surface area contributed by atoms with Gasteiger partial charge in [-0.1, -0.05) is 42.5 Å². The van der Waals surface area contributed by atoms with Crippen LogP contribution in [0.15, 0.2) is 59.6 Å². The molecule has 1 heterocycles. The van der Waals surface area contributed by atoms with Crippen LogP contribution in [0.4, 0.5) is 0 Å². The zero-order chi connectivity index (χ0) is 19.6. The molecule has 1 saturated heterocycles. The van der Waals surface area contributed by atoms with Crippen molar-refractivity contribution in [2.24, 2.45) is 10.9 Å². The van der Waals surface area contributed by atoms with Crippen molar-refractivity contribution in [3.63, 3.8) is 0 Å². The van der Waals surface area contributed by atoms with E-state index in [1.54, 1.807) is 0 Å². The quantitative estimate of drug-likeness (QED) is 0.559. The molecule has 1 aliphatic heterocycles. The van der Waals surface area contributed by atoms with Gasteiger partial charge in [0.05, 0.1) is 13.2 Å². The van der Waals surface area contributed by atoms with E-state index in [1.807, 2.05) is 30.3 Å². The van der Waals surface area contributed by atoms with Crippen LogP contribution in [0, 0.1) is 5.92 Å². The highest BCUT2D eigenvalue weighted by Crippen LogP contribution is 2.17. The molecule has 1 aliphatic rings. The van der Waals surface area contributed by atoms with Crippen LogP contribution < -0.4 is 10.1 Å². The van der Waals surface area contributed by atoms with E-state index < -0.39 is 0 Å². The molecule has 0 amide bonds. The zero-order valence-electron chi connectivity index (χ0n) is 16.9. The number of nitrogens with one attached hydrogen (secondary N) is 1. The summed E-state index contributed by atoms with van der Waals surface area (Å²) in [6.07, 6.45) is 1.13. The van der Waals surface area contributed by atoms with E-state index in [2.05, 4.69) is 48.5 Å². The van der Waals surface area contributed by atoms with Crippen LogP contribution in [-0.2, 0) is 17.9 Å². The van der Waals surface area contributed by atoms with Crippen LogP contribution in [-0.4, -0.2) is 44.2 Å². The number of rotatable bonds is 8. The van der Waals surface area contributed by atoms with E-state index in [1.165, 1.54) is 0 Å². The van der Waals surface area contributed by atoms with Gasteiger partial charge in [-0.2, -0.15) is 0 Å². The Labute approximate surface area is 168 Å². The number of hydrogen-bond donors (Lipinski definition) is 1. The van der Waals surface area contributed by atoms with E-state index in [4.69, 9.17) is 14.5 Å². The summed E-state index contributed by atoms with van der Waals surface area (Å²) >= 11 is 0. The van der Waals surface area contributed by atoms with Gasteiger partial charge in [-0.05, 0) is 36.6 Å². The maximum Gasteiger partial charge on any atom is 0.193 e. The SMILES string of the molecule is CCNC(=NCc1cccc(OCc2ccccc2)c1)N(C)CC1CCOC1. The third kappa shape index (κ3) is 6.27. The predicted molar refractivity (Wildman–Crippen MR) is 114 cm³/mol. The van der Waals surface area contributed by atoms with Crippen molar-refractivity contribution in [2.75, 3.05) is 33.4 Å². The van der Waals surface area contributed by atoms with Crippen LogP contribution in [0.3, 0.4) is 0 Å². The highest BCUT2D eigenvalue weighted by atomic mass is 16.5. The van der Waals surface area contributed by atoms with Crippen molar-refractivity contribution < 1.29 is 9.47 Å². The summed E-state index contributed by atoms with van der Waals surface area (Å²) in [4.78, 5) is 7.03. The summed E-state index contributed by atoms with van der Waals surface area (Å²) in [5.74, 6) is 2.39. The Kier molecular flexibility index (Phi) is 7.73. The Morgan fingerprint density at radius 3 is 2.75 bits per heavy atom. The largest absolute Gasteiger partial charge is 0.489 e. The molecule has 0 bridgehead atoms. The molecule has 0 radical (unpaired) electrons. The summed E-state index contributed by atoms with van der Waals surface area (Å²) in [7, 11) is 2.10. The highest BCUT2D eigenvalue weighted by molar-refractivity contribution is 5.79. The Balaban J connectivity index is 1.58. The van der Waals surface area contributed by atoms with E-state index in [0.717, 1.165) is 55.6 Å². The highest BCUT2D eigenvalue weighted by Gasteiger charge is 2.19. The van der Waals surface area contributed by atoms with Crippen LogP contribution in [0.5, 0.6) is 5.75 Å². The lowest BCUT2D eigenvalue weighted by Gasteiger charge is -2.24. The Bertz CT molecular complexity index is 743. The average Bonchev–Trinajstić information content (AvgIpc) is 3.23. The standard InChI is InChI=1S/C23H31N3O2/c1-3-24-23(26(2)16-21-12-13-27-17-21)25-15-20-10-7-11-22(14-20)28-18-19-8-5-4-6-9-19/h4-11,14,21H,3,12-13,15-18H2,1-2H3,(H,24,25). The van der Waals surface area contributed by atoms with Crippen LogP contribution in [0.1, 0.15) is 24.5 Å². The Morgan fingerprint density at radius 1 is 1.18 bits per heavy atom. The van der Waals surface area contributed by atoms with Gasteiger partial charge in [0.25, 0.3) is 0 Å². The summed E-state index contributed by atoms with van der Waals surface area (Å²) in [5.41, 5.74) is 2.30. The van der Waals surface area contributed by atoms with Gasteiger partial charge in [-0.15, -0.1) is 0 Å². The van der Waals surface area contributed by atoms with Crippen molar-refractivity contribution in [1.29, 1.82) is 0 Å². The smallest absolute Gasteiger partial charge is 0.193 e. The molecule has 5 nitrogen and oxygen atoms in total. The predicted octanol–water partition coefficient (Wildman–Crippen LogP) is 3.70. The molecule has 28 heavy (non-hydrogen) atoms. The van der Waals surface area contributed by atoms with Crippen LogP contribution >= 0.6 is 0 Å². The summed E-state index contributed by atoms with van der Waals surface area (Å²) in [6.45, 7) is 6.84. The van der Waals surface area contributed by atoms with Gasteiger partial charge in [0.2, 0.25) is 0 Å². The second-order valence-electron chi connectivity index (χ2n) is 7.20. The lowest BCUT2D eigenvalue weighted by Crippen LogP contribution is -2.41. The molecule has 0 aliphatic carbocycles. The van der Waals surface area contributed by atoms with Crippen molar-refractivity contribution in [3.8, 4) is 5.75 Å². The molecule has 3 rings (SSSR count). The molecule has 1 atom stereocenters. The molecule has 0 spiro atoms. The molecular formula is C23H31N3O2. The fraction of sp³-hybridized carbons (Fsp3) is 0.435. The van der Waals surface area contributed by atoms with Gasteiger partial charge >= 0.3 is 0 Å². The maximum atomic E-state index is 5.93. The fourth-order valence-corrected chi connectivity index (χ4v) is 3.31. The number of ether oxygens (including phenoxy) is 2. The van der Waals surface area contributed by atoms with E-state index in [9.17, 15) is 0 Å². The topological polar surface area (TPSA) is 46.1 Å². The van der Waals surface area contributed by atoms with Gasteiger partial charge in [0.1, 0.15) is 12.4 Å². The number of guanidine groups is 1. The minimum absolute atomic E-state index is 0.572. The first-order valence-electron chi connectivity index (χ1n) is 10.1. The molecule has 2 aromatic rings. The lowest BCUT2D eigenvalue weighted by atomic mass is 10.1. The normalized spacial score (nSPS) is 16.8. The fourth-order valence-electron chi connectivity index (χ4n) is 3.31. The van der Waals surface area contributed by atoms with E-state index in [-0.39, 0.29) is 0 Å². The van der Waals surface area contributed by atoms with Crippen LogP contribution in [0.25, 0.3) is 0 Å². The third-order valence-corrected chi connectivity index (χ3v) is 4.81. The number of hydrogen-bond acceptors (Lipinski definition) is 3. The minimum atomic E-state index is 0.572. The number of aliphatic imine (C=N–C) groups is 1. The molecule has 150 valence electrons. The molecule has 2 aromatic carbocycles. The van der Waals surface area contributed by atoms with Gasteiger partial charge in [0, 0.05) is 32.7 Å². The monoisotopic (exact) mass is 381 g/mol. The third-order valence-electron chi connectivity index (χ3n) is 4.81. The van der Waals surface area contributed by atoms with Gasteiger partial charge in [-0.3, -0.25) is 0 Å². The second kappa shape index (κ2) is 10.7. The molecule has 0 aromatic heterocycles. The zero-order valence-corrected chi connectivity index (χ0v) is 16.9. The summed E-state index contributed by atoms with van der Waals surface area (Å²) in [5, 5.41) is 3.39. The van der Waals surface area contributed by atoms with E-state index >= 15 is 0 Å².